The minimum atomic E-state index is -0.704. The van der Waals surface area contributed by atoms with Crippen molar-refractivity contribution in [3.8, 4) is 0 Å². The molecule has 0 saturated heterocycles. The molecule has 1 unspecified atom stereocenters. The van der Waals surface area contributed by atoms with Gasteiger partial charge in [0.1, 0.15) is 0 Å². The number of nitrogens with one attached hydrogen (secondary N) is 1. The molecule has 0 aromatic heterocycles. The molecule has 0 aliphatic heterocycles. The molecule has 10 aromatic rings. The predicted molar refractivity (Wildman–Crippen MR) is 481 cm³/mol. The molecule has 548 valence electrons. The smallest absolute Gasteiger partial charge is 0.0887 e. The first-order valence-electron chi connectivity index (χ1n) is 43.3. The zero-order valence-corrected chi connectivity index (χ0v) is 72.6. The van der Waals surface area contributed by atoms with Gasteiger partial charge in [-0.1, -0.05) is 361 Å². The molecular formula is C93H116Cl3I2N4P. The molecular weight excluding hydrogens is 1560 g/mol. The number of anilines is 11. The van der Waals surface area contributed by atoms with Crippen LogP contribution in [-0.2, 0) is 43.3 Å². The fourth-order valence-electron chi connectivity index (χ4n) is 10.2. The largest absolute Gasteiger partial charge is 0.356 e. The quantitative estimate of drug-likeness (QED) is 0.0791. The standard InChI is InChI=1S/C46H55ClN2.C26H29Cl2N.C20H27N.CH3I.H2IP/c1-43(2,3)32-16-24-36(25-17-32)48(37-26-18-33(19-27-37)44(4,5)6)40-14-13-15-41(42(40)47)49(38-28-20-34(21-29-38)45(7,8)9)39-30-22-35(23-31-39)46(10,11)12;1-25(2,3)18-10-14-20(15-11-18)29(23-9-7-8-22(27)24(23)28)21-16-12-19(13-17-21)26(4,5)6;1-19(2,3)15-7-11-17(12-8-15)21-18-13-9-16(10-14-18)20(4,5)6;2*1-2/h13-31H,1-12H3;7-17H,1-6H3;7-14,21H,1-6H3;1H3;2H2/i13D,16D,17D,20D,21D,24D,25D,28D,29D;7D,10D,11D,14D,15D;7D,8D,11D,12D;;. The Morgan fingerprint density at radius 2 is 0.476 bits per heavy atom. The summed E-state index contributed by atoms with van der Waals surface area (Å²) in [4.78, 5) is 6.62. The first-order chi connectivity index (χ1) is 55.4. The Hall–Kier alpha value is -5.84. The molecule has 0 aliphatic carbocycles. The van der Waals surface area contributed by atoms with Crippen LogP contribution in [0.1, 0.15) is 235 Å². The molecule has 10 aromatic carbocycles. The molecule has 0 bridgehead atoms. The van der Waals surface area contributed by atoms with Gasteiger partial charge in [-0.3, -0.25) is 0 Å². The maximum atomic E-state index is 9.38. The SMILES string of the molecule is CI.PI.[2H]c1c([2H])c(C(C)(C)C)c([2H])c([2H])c1Nc1ccc(C(C)(C)C)cc1.[2H]c1cc(Cl)c(Cl)c(N(c2ccc(C(C)(C)C)cc2)c2c([2H])c([2H])c(C(C)(C)C)c([2H])c2[2H])c1.[2H]c1cc(N(c2ccc(C(C)(C)C)cc2)c2c([2H])c([2H])c(C(C)(C)C)c([2H])c2[2H])c(Cl)c(N(c2ccc(C(C)(C)C)cc2)c2c([2H])c([2H])c(C(C)(C)C)c([2H])c2[2H])c1. The Balaban J connectivity index is 0.000000303. The highest BCUT2D eigenvalue weighted by atomic mass is 127. The van der Waals surface area contributed by atoms with Crippen LogP contribution in [0.25, 0.3) is 0 Å². The molecule has 1 atom stereocenters. The van der Waals surface area contributed by atoms with Gasteiger partial charge in [0.15, 0.2) is 0 Å². The molecule has 4 nitrogen and oxygen atoms in total. The molecule has 0 radical (unpaired) electrons. The van der Waals surface area contributed by atoms with E-state index < -0.39 is 21.7 Å². The summed E-state index contributed by atoms with van der Waals surface area (Å²) in [5.74, 6) is 0. The van der Waals surface area contributed by atoms with Crippen LogP contribution in [0.15, 0.2) is 230 Å². The summed E-state index contributed by atoms with van der Waals surface area (Å²) in [5.41, 5.74) is 5.81. The number of benzene rings is 10. The summed E-state index contributed by atoms with van der Waals surface area (Å²) < 4.78 is 160. The second-order valence-electron chi connectivity index (χ2n) is 33.3. The van der Waals surface area contributed by atoms with Crippen LogP contribution in [0.4, 0.5) is 62.6 Å². The summed E-state index contributed by atoms with van der Waals surface area (Å²) in [6, 6.07) is 34.0. The summed E-state index contributed by atoms with van der Waals surface area (Å²) in [6.07, 6.45) is 0. The zero-order valence-electron chi connectivity index (χ0n) is 82.9. The van der Waals surface area contributed by atoms with Crippen molar-refractivity contribution in [1.82, 2.24) is 0 Å². The van der Waals surface area contributed by atoms with Crippen LogP contribution in [0.2, 0.25) is 15.1 Å². The average Bonchev–Trinajstić information content (AvgIpc) is 0.740. The topological polar surface area (TPSA) is 21.8 Å². The second-order valence-corrected chi connectivity index (χ2v) is 34.5. The minimum absolute atomic E-state index is 0.0160. The van der Waals surface area contributed by atoms with E-state index in [2.05, 4.69) is 140 Å². The summed E-state index contributed by atoms with van der Waals surface area (Å²) in [5, 5.41) is 3.41. The molecule has 0 aliphatic rings. The van der Waals surface area contributed by atoms with E-state index in [1.165, 1.54) is 29.8 Å². The van der Waals surface area contributed by atoms with E-state index >= 15 is 0 Å². The third kappa shape index (κ3) is 23.6. The van der Waals surface area contributed by atoms with E-state index in [4.69, 9.17) is 52.6 Å². The van der Waals surface area contributed by atoms with Crippen molar-refractivity contribution in [2.24, 2.45) is 0 Å². The lowest BCUT2D eigenvalue weighted by Crippen LogP contribution is -2.16. The van der Waals surface area contributed by atoms with Crippen LogP contribution in [0.5, 0.6) is 0 Å². The van der Waals surface area contributed by atoms with E-state index in [9.17, 15) is 6.85 Å². The van der Waals surface area contributed by atoms with Crippen molar-refractivity contribution in [1.29, 1.82) is 0 Å². The third-order valence-corrected chi connectivity index (χ3v) is 17.8. The number of hydrogen-bond donors (Lipinski definition) is 1. The number of rotatable bonds is 11. The maximum Gasteiger partial charge on any atom is 0.0887 e. The highest BCUT2D eigenvalue weighted by Gasteiger charge is 2.27. The van der Waals surface area contributed by atoms with Gasteiger partial charge < -0.3 is 20.0 Å². The van der Waals surface area contributed by atoms with Gasteiger partial charge in [-0.15, -0.1) is 0 Å². The molecule has 0 spiro atoms. The van der Waals surface area contributed by atoms with Crippen molar-refractivity contribution in [3.05, 3.63) is 290 Å². The maximum absolute atomic E-state index is 9.38. The minimum Gasteiger partial charge on any atom is -0.356 e. The molecule has 0 fully saturated rings. The number of nitrogens with zero attached hydrogens (tertiary/aromatic N) is 3. The fraction of sp³-hybridized carbons (Fsp3) is 0.355. The normalized spacial score (nSPS) is 14.5. The molecule has 0 amide bonds. The predicted octanol–water partition coefficient (Wildman–Crippen LogP) is 31.8. The van der Waals surface area contributed by atoms with Gasteiger partial charge in [-0.05, 0) is 214 Å². The Bertz CT molecular complexity index is 5150. The Kier molecular flexibility index (Phi) is 21.6. The monoisotopic (exact) mass is 1700 g/mol. The Labute approximate surface area is 692 Å². The summed E-state index contributed by atoms with van der Waals surface area (Å²) in [6.45, 7) is 50.0. The number of halogens is 5. The average molecular weight is 1700 g/mol. The van der Waals surface area contributed by atoms with Crippen LogP contribution < -0.4 is 20.0 Å². The molecule has 10 rings (SSSR count). The van der Waals surface area contributed by atoms with E-state index in [1.807, 2.05) is 185 Å². The van der Waals surface area contributed by atoms with Gasteiger partial charge in [0.25, 0.3) is 0 Å². The van der Waals surface area contributed by atoms with Gasteiger partial charge in [0, 0.05) is 45.5 Å². The second kappa shape index (κ2) is 35.7. The van der Waals surface area contributed by atoms with Gasteiger partial charge >= 0.3 is 0 Å². The highest BCUT2D eigenvalue weighted by molar-refractivity contribution is 14.2. The van der Waals surface area contributed by atoms with Crippen LogP contribution in [-0.4, -0.2) is 4.93 Å². The first kappa shape index (κ1) is 62.2. The summed E-state index contributed by atoms with van der Waals surface area (Å²) >= 11 is 24.7. The summed E-state index contributed by atoms with van der Waals surface area (Å²) in [7, 11) is 0. The molecule has 1 N–H and O–H groups in total. The fourth-order valence-corrected chi connectivity index (χ4v) is 10.8. The first-order valence-corrected chi connectivity index (χ1v) is 41.7. The third-order valence-electron chi connectivity index (χ3n) is 16.6. The van der Waals surface area contributed by atoms with Gasteiger partial charge in [0.2, 0.25) is 0 Å². The lowest BCUT2D eigenvalue weighted by atomic mass is 9.86. The van der Waals surface area contributed by atoms with E-state index in [-0.39, 0.29) is 191 Å². The van der Waals surface area contributed by atoms with Crippen molar-refractivity contribution < 1.29 is 24.7 Å². The number of alkyl halides is 1. The Morgan fingerprint density at radius 1 is 0.262 bits per heavy atom. The van der Waals surface area contributed by atoms with Crippen molar-refractivity contribution in [2.45, 2.75) is 209 Å². The lowest BCUT2D eigenvalue weighted by molar-refractivity contribution is 0.590. The molecule has 10 heteroatoms. The van der Waals surface area contributed by atoms with Crippen molar-refractivity contribution in [2.75, 3.05) is 24.9 Å². The van der Waals surface area contributed by atoms with Gasteiger partial charge in [-0.2, -0.15) is 0 Å². The van der Waals surface area contributed by atoms with E-state index in [0.29, 0.717) is 33.9 Å². The molecule has 0 heterocycles. The van der Waals surface area contributed by atoms with E-state index in [1.54, 1.807) is 14.7 Å². The number of hydrogen-bond acceptors (Lipinski definition) is 4. The van der Waals surface area contributed by atoms with Gasteiger partial charge in [0.05, 0.1) is 56.8 Å². The molecule has 103 heavy (non-hydrogen) atoms. The van der Waals surface area contributed by atoms with Crippen molar-refractivity contribution in [3.63, 3.8) is 0 Å². The zero-order chi connectivity index (χ0) is 92.7. The van der Waals surface area contributed by atoms with Crippen LogP contribution in [0, 0.1) is 0 Å². The molecule has 0 saturated carbocycles. The lowest BCUT2D eigenvalue weighted by Gasteiger charge is -2.32. The van der Waals surface area contributed by atoms with Gasteiger partial charge in [-0.25, -0.2) is 0 Å². The van der Waals surface area contributed by atoms with Crippen molar-refractivity contribution >= 4 is 149 Å². The Morgan fingerprint density at radius 3 is 0.718 bits per heavy atom. The van der Waals surface area contributed by atoms with Crippen LogP contribution >= 0.6 is 86.3 Å². The van der Waals surface area contributed by atoms with Crippen LogP contribution in [0.3, 0.4) is 0 Å². The van der Waals surface area contributed by atoms with E-state index in [0.717, 1.165) is 22.4 Å². The highest BCUT2D eigenvalue weighted by Crippen LogP contribution is 2.49.